The van der Waals surface area contributed by atoms with Crippen LogP contribution in [0.4, 0.5) is 0 Å². The lowest BCUT2D eigenvalue weighted by Gasteiger charge is -2.08. The van der Waals surface area contributed by atoms with Crippen molar-refractivity contribution in [2.45, 2.75) is 13.8 Å². The van der Waals surface area contributed by atoms with Crippen LogP contribution < -0.4 is 15.2 Å². The third-order valence-corrected chi connectivity index (χ3v) is 3.32. The SMILES string of the molecule is COc1ccc(/C(N)=N/OC(=O)COc2cc(C)ccc2C)cc1. The second-order valence-electron chi connectivity index (χ2n) is 5.23. The fourth-order valence-electron chi connectivity index (χ4n) is 1.94. The van der Waals surface area contributed by atoms with Gasteiger partial charge < -0.3 is 20.0 Å². The molecule has 6 heteroatoms. The number of carbonyl (C=O) groups is 1. The summed E-state index contributed by atoms with van der Waals surface area (Å²) >= 11 is 0. The molecule has 0 unspecified atom stereocenters. The summed E-state index contributed by atoms with van der Waals surface area (Å²) in [4.78, 5) is 16.5. The van der Waals surface area contributed by atoms with E-state index < -0.39 is 5.97 Å². The summed E-state index contributed by atoms with van der Waals surface area (Å²) in [6.45, 7) is 3.61. The Morgan fingerprint density at radius 3 is 2.50 bits per heavy atom. The Labute approximate surface area is 140 Å². The van der Waals surface area contributed by atoms with E-state index in [2.05, 4.69) is 5.16 Å². The van der Waals surface area contributed by atoms with Crippen molar-refractivity contribution in [2.75, 3.05) is 13.7 Å². The smallest absolute Gasteiger partial charge is 0.372 e. The second kappa shape index (κ2) is 8.01. The highest BCUT2D eigenvalue weighted by Gasteiger charge is 2.08. The van der Waals surface area contributed by atoms with E-state index in [9.17, 15) is 4.79 Å². The topological polar surface area (TPSA) is 83.1 Å². The molecule has 0 aliphatic carbocycles. The van der Waals surface area contributed by atoms with E-state index >= 15 is 0 Å². The van der Waals surface area contributed by atoms with Gasteiger partial charge in [-0.15, -0.1) is 0 Å². The molecule has 2 aromatic carbocycles. The van der Waals surface area contributed by atoms with Gasteiger partial charge in [-0.1, -0.05) is 17.3 Å². The fraction of sp³-hybridized carbons (Fsp3) is 0.222. The van der Waals surface area contributed by atoms with Gasteiger partial charge in [0.2, 0.25) is 0 Å². The van der Waals surface area contributed by atoms with Crippen molar-refractivity contribution in [3.05, 3.63) is 59.2 Å². The maximum atomic E-state index is 11.7. The molecular weight excluding hydrogens is 308 g/mol. The molecule has 126 valence electrons. The first-order valence-corrected chi connectivity index (χ1v) is 7.37. The highest BCUT2D eigenvalue weighted by atomic mass is 16.7. The molecule has 0 heterocycles. The number of carbonyl (C=O) groups excluding carboxylic acids is 1. The zero-order valence-corrected chi connectivity index (χ0v) is 13.9. The first-order chi connectivity index (χ1) is 11.5. The number of benzene rings is 2. The minimum Gasteiger partial charge on any atom is -0.497 e. The Morgan fingerprint density at radius 1 is 1.12 bits per heavy atom. The van der Waals surface area contributed by atoms with Crippen LogP contribution in [0.25, 0.3) is 0 Å². The molecule has 0 radical (unpaired) electrons. The molecule has 2 aromatic rings. The first-order valence-electron chi connectivity index (χ1n) is 7.37. The van der Waals surface area contributed by atoms with Crippen LogP contribution in [0.3, 0.4) is 0 Å². The van der Waals surface area contributed by atoms with E-state index in [1.807, 2.05) is 32.0 Å². The second-order valence-corrected chi connectivity index (χ2v) is 5.23. The Hall–Kier alpha value is -3.02. The Bertz CT molecular complexity index is 739. The molecule has 0 aliphatic heterocycles. The molecule has 2 N–H and O–H groups in total. The number of oxime groups is 1. The molecule has 2 rings (SSSR count). The third-order valence-electron chi connectivity index (χ3n) is 3.32. The van der Waals surface area contributed by atoms with Gasteiger partial charge >= 0.3 is 5.97 Å². The lowest BCUT2D eigenvalue weighted by Crippen LogP contribution is -2.18. The summed E-state index contributed by atoms with van der Waals surface area (Å²) in [6.07, 6.45) is 0. The molecular formula is C18H20N2O4. The number of aryl methyl sites for hydroxylation is 2. The predicted molar refractivity (Wildman–Crippen MR) is 91.2 cm³/mol. The Balaban J connectivity index is 1.90. The van der Waals surface area contributed by atoms with E-state index in [1.54, 1.807) is 31.4 Å². The zero-order valence-electron chi connectivity index (χ0n) is 13.9. The number of rotatable bonds is 6. The number of nitrogens with zero attached hydrogens (tertiary/aromatic N) is 1. The molecule has 24 heavy (non-hydrogen) atoms. The van der Waals surface area contributed by atoms with Crippen molar-refractivity contribution >= 4 is 11.8 Å². The Morgan fingerprint density at radius 2 is 1.83 bits per heavy atom. The molecule has 0 saturated heterocycles. The predicted octanol–water partition coefficient (Wildman–Crippen LogP) is 2.55. The number of hydrogen-bond donors (Lipinski definition) is 1. The minimum atomic E-state index is -0.632. The van der Waals surface area contributed by atoms with E-state index in [-0.39, 0.29) is 12.4 Å². The standard InChI is InChI=1S/C18H20N2O4/c1-12-4-5-13(2)16(10-12)23-11-17(21)24-20-18(19)14-6-8-15(22-3)9-7-14/h4-10H,11H2,1-3H3,(H2,19,20). The number of nitrogens with two attached hydrogens (primary N) is 1. The van der Waals surface area contributed by atoms with E-state index in [1.165, 1.54) is 0 Å². The summed E-state index contributed by atoms with van der Waals surface area (Å²) in [5, 5.41) is 3.63. The van der Waals surface area contributed by atoms with Gasteiger partial charge in [-0.05, 0) is 55.3 Å². The van der Waals surface area contributed by atoms with Crippen LogP contribution in [0, 0.1) is 13.8 Å². The third kappa shape index (κ3) is 4.74. The van der Waals surface area contributed by atoms with Crippen LogP contribution in [-0.4, -0.2) is 25.5 Å². The van der Waals surface area contributed by atoms with Crippen LogP contribution in [0.15, 0.2) is 47.6 Å². The van der Waals surface area contributed by atoms with Crippen LogP contribution >= 0.6 is 0 Å². The number of amidine groups is 1. The van der Waals surface area contributed by atoms with Gasteiger partial charge in [-0.25, -0.2) is 4.79 Å². The van der Waals surface area contributed by atoms with Gasteiger partial charge in [0.25, 0.3) is 0 Å². The molecule has 0 amide bonds. The highest BCUT2D eigenvalue weighted by molar-refractivity contribution is 5.97. The van der Waals surface area contributed by atoms with Crippen LogP contribution in [0.2, 0.25) is 0 Å². The van der Waals surface area contributed by atoms with E-state index in [0.29, 0.717) is 17.1 Å². The van der Waals surface area contributed by atoms with Crippen molar-refractivity contribution in [1.82, 2.24) is 0 Å². The average Bonchev–Trinajstić information content (AvgIpc) is 2.60. The molecule has 0 spiro atoms. The lowest BCUT2D eigenvalue weighted by molar-refractivity contribution is -0.146. The van der Waals surface area contributed by atoms with E-state index in [4.69, 9.17) is 20.0 Å². The number of methoxy groups -OCH3 is 1. The van der Waals surface area contributed by atoms with Gasteiger partial charge in [0.05, 0.1) is 7.11 Å². The number of hydrogen-bond acceptors (Lipinski definition) is 5. The molecule has 0 atom stereocenters. The molecule has 0 aliphatic rings. The maximum absolute atomic E-state index is 11.7. The van der Waals surface area contributed by atoms with Gasteiger partial charge in [0.15, 0.2) is 12.4 Å². The highest BCUT2D eigenvalue weighted by Crippen LogP contribution is 2.19. The van der Waals surface area contributed by atoms with Crippen molar-refractivity contribution in [1.29, 1.82) is 0 Å². The average molecular weight is 328 g/mol. The van der Waals surface area contributed by atoms with Crippen molar-refractivity contribution < 1.29 is 19.1 Å². The molecule has 6 nitrogen and oxygen atoms in total. The monoisotopic (exact) mass is 328 g/mol. The van der Waals surface area contributed by atoms with E-state index in [0.717, 1.165) is 11.1 Å². The molecule has 0 aromatic heterocycles. The van der Waals surface area contributed by atoms with Crippen molar-refractivity contribution in [3.8, 4) is 11.5 Å². The normalized spacial score (nSPS) is 11.0. The van der Waals surface area contributed by atoms with Gasteiger partial charge in [0, 0.05) is 5.56 Å². The Kier molecular flexibility index (Phi) is 5.78. The van der Waals surface area contributed by atoms with Gasteiger partial charge in [-0.3, -0.25) is 0 Å². The summed E-state index contributed by atoms with van der Waals surface area (Å²) in [7, 11) is 1.57. The summed E-state index contributed by atoms with van der Waals surface area (Å²) < 4.78 is 10.5. The minimum absolute atomic E-state index is 0.0951. The maximum Gasteiger partial charge on any atom is 0.372 e. The number of ether oxygens (including phenoxy) is 2. The molecule has 0 bridgehead atoms. The van der Waals surface area contributed by atoms with Crippen LogP contribution in [0.5, 0.6) is 11.5 Å². The summed E-state index contributed by atoms with van der Waals surface area (Å²) in [5.74, 6) is 0.801. The largest absolute Gasteiger partial charge is 0.497 e. The lowest BCUT2D eigenvalue weighted by atomic mass is 10.1. The van der Waals surface area contributed by atoms with Crippen LogP contribution in [0.1, 0.15) is 16.7 Å². The fourth-order valence-corrected chi connectivity index (χ4v) is 1.94. The van der Waals surface area contributed by atoms with Crippen molar-refractivity contribution in [2.24, 2.45) is 10.9 Å². The molecule has 0 saturated carbocycles. The quantitative estimate of drug-likeness (QED) is 0.381. The summed E-state index contributed by atoms with van der Waals surface area (Å²) in [6, 6.07) is 12.7. The zero-order chi connectivity index (χ0) is 17.5. The van der Waals surface area contributed by atoms with Crippen molar-refractivity contribution in [3.63, 3.8) is 0 Å². The van der Waals surface area contributed by atoms with Crippen LogP contribution in [-0.2, 0) is 9.63 Å². The summed E-state index contributed by atoms with van der Waals surface area (Å²) in [5.41, 5.74) is 8.39. The van der Waals surface area contributed by atoms with Gasteiger partial charge in [0.1, 0.15) is 11.5 Å². The van der Waals surface area contributed by atoms with Gasteiger partial charge in [-0.2, -0.15) is 0 Å². The first kappa shape index (κ1) is 17.3. The molecule has 0 fully saturated rings.